The van der Waals surface area contributed by atoms with Crippen molar-refractivity contribution in [2.75, 3.05) is 11.0 Å². The summed E-state index contributed by atoms with van der Waals surface area (Å²) >= 11 is 0. The van der Waals surface area contributed by atoms with Gasteiger partial charge in [0, 0.05) is 11.8 Å². The molecule has 1 unspecified atom stereocenters. The van der Waals surface area contributed by atoms with Crippen molar-refractivity contribution < 1.29 is 13.2 Å². The summed E-state index contributed by atoms with van der Waals surface area (Å²) in [6, 6.07) is 14.8. The molecule has 0 heterocycles. The predicted octanol–water partition coefficient (Wildman–Crippen LogP) is 3.51. The minimum atomic E-state index is -3.30. The number of carbonyl (C=O) groups is 1. The van der Waals surface area contributed by atoms with E-state index < -0.39 is 10.0 Å². The van der Waals surface area contributed by atoms with E-state index >= 15 is 0 Å². The SMILES string of the molecule is CCc1ccc(C=CC(=O)NC(C)c2ccc(NS(C)(=O)=O)cc2)cc1. The fourth-order valence-corrected chi connectivity index (χ4v) is 3.00. The second-order valence-electron chi connectivity index (χ2n) is 6.15. The molecule has 0 aliphatic rings. The van der Waals surface area contributed by atoms with Gasteiger partial charge in [0.15, 0.2) is 0 Å². The summed E-state index contributed by atoms with van der Waals surface area (Å²) in [6.45, 7) is 3.98. The van der Waals surface area contributed by atoms with Crippen molar-refractivity contribution in [3.05, 3.63) is 71.3 Å². The smallest absolute Gasteiger partial charge is 0.244 e. The van der Waals surface area contributed by atoms with Crippen LogP contribution < -0.4 is 10.0 Å². The van der Waals surface area contributed by atoms with Gasteiger partial charge in [0.2, 0.25) is 15.9 Å². The molecule has 26 heavy (non-hydrogen) atoms. The Morgan fingerprint density at radius 2 is 1.69 bits per heavy atom. The number of anilines is 1. The zero-order valence-corrected chi connectivity index (χ0v) is 16.0. The van der Waals surface area contributed by atoms with Crippen LogP contribution in [-0.4, -0.2) is 20.6 Å². The molecule has 0 fully saturated rings. The minimum absolute atomic E-state index is 0.185. The van der Waals surface area contributed by atoms with Gasteiger partial charge < -0.3 is 5.32 Å². The van der Waals surface area contributed by atoms with Gasteiger partial charge in [-0.15, -0.1) is 0 Å². The average Bonchev–Trinajstić information content (AvgIpc) is 2.59. The summed E-state index contributed by atoms with van der Waals surface area (Å²) in [5.41, 5.74) is 3.61. The first-order chi connectivity index (χ1) is 12.3. The molecule has 0 bridgehead atoms. The van der Waals surface area contributed by atoms with Crippen LogP contribution in [-0.2, 0) is 21.2 Å². The van der Waals surface area contributed by atoms with E-state index in [1.807, 2.05) is 31.2 Å². The zero-order valence-electron chi connectivity index (χ0n) is 15.2. The van der Waals surface area contributed by atoms with Crippen molar-refractivity contribution in [3.63, 3.8) is 0 Å². The van der Waals surface area contributed by atoms with Crippen LogP contribution in [0.3, 0.4) is 0 Å². The summed E-state index contributed by atoms with van der Waals surface area (Å²) in [4.78, 5) is 12.1. The number of carbonyl (C=O) groups excluding carboxylic acids is 1. The molecule has 2 rings (SSSR count). The Balaban J connectivity index is 1.94. The number of rotatable bonds is 7. The Morgan fingerprint density at radius 1 is 1.08 bits per heavy atom. The number of hydrogen-bond acceptors (Lipinski definition) is 3. The van der Waals surface area contributed by atoms with Crippen LogP contribution in [0.2, 0.25) is 0 Å². The van der Waals surface area contributed by atoms with Gasteiger partial charge in [-0.1, -0.05) is 43.3 Å². The number of hydrogen-bond donors (Lipinski definition) is 2. The lowest BCUT2D eigenvalue weighted by Crippen LogP contribution is -2.24. The topological polar surface area (TPSA) is 75.3 Å². The van der Waals surface area contributed by atoms with Gasteiger partial charge in [-0.3, -0.25) is 9.52 Å². The number of sulfonamides is 1. The lowest BCUT2D eigenvalue weighted by Gasteiger charge is -2.14. The monoisotopic (exact) mass is 372 g/mol. The molecule has 0 spiro atoms. The maximum atomic E-state index is 12.1. The highest BCUT2D eigenvalue weighted by Crippen LogP contribution is 2.17. The molecular weight excluding hydrogens is 348 g/mol. The molecule has 0 aromatic heterocycles. The van der Waals surface area contributed by atoms with E-state index in [0.717, 1.165) is 23.8 Å². The van der Waals surface area contributed by atoms with Crippen LogP contribution in [0.25, 0.3) is 6.08 Å². The van der Waals surface area contributed by atoms with E-state index in [9.17, 15) is 13.2 Å². The molecule has 1 atom stereocenters. The molecule has 2 aromatic carbocycles. The van der Waals surface area contributed by atoms with Crippen molar-refractivity contribution in [1.29, 1.82) is 0 Å². The maximum absolute atomic E-state index is 12.1. The minimum Gasteiger partial charge on any atom is -0.346 e. The lowest BCUT2D eigenvalue weighted by atomic mass is 10.1. The maximum Gasteiger partial charge on any atom is 0.244 e. The molecule has 0 saturated heterocycles. The van der Waals surface area contributed by atoms with Crippen LogP contribution in [0.5, 0.6) is 0 Å². The highest BCUT2D eigenvalue weighted by atomic mass is 32.2. The van der Waals surface area contributed by atoms with Crippen LogP contribution in [0.15, 0.2) is 54.6 Å². The third kappa shape index (κ3) is 6.37. The van der Waals surface area contributed by atoms with Gasteiger partial charge in [0.25, 0.3) is 0 Å². The first-order valence-electron chi connectivity index (χ1n) is 8.42. The van der Waals surface area contributed by atoms with Crippen molar-refractivity contribution in [2.45, 2.75) is 26.3 Å². The second kappa shape index (κ2) is 8.67. The molecule has 138 valence electrons. The summed E-state index contributed by atoms with van der Waals surface area (Å²) in [6.07, 6.45) is 5.38. The molecule has 5 nitrogen and oxygen atoms in total. The molecule has 0 aliphatic heterocycles. The third-order valence-electron chi connectivity index (χ3n) is 3.89. The highest BCUT2D eigenvalue weighted by Gasteiger charge is 2.08. The third-order valence-corrected chi connectivity index (χ3v) is 4.49. The Bertz CT molecular complexity index is 870. The highest BCUT2D eigenvalue weighted by molar-refractivity contribution is 7.92. The van der Waals surface area contributed by atoms with E-state index in [1.54, 1.807) is 30.3 Å². The standard InChI is InChI=1S/C20H24N2O3S/c1-4-16-5-7-17(8-6-16)9-14-20(23)21-15(2)18-10-12-19(13-11-18)22-26(3,24)25/h5-15,22H,4H2,1-3H3,(H,21,23). The van der Waals surface area contributed by atoms with E-state index in [0.29, 0.717) is 5.69 Å². The van der Waals surface area contributed by atoms with Gasteiger partial charge in [0.05, 0.1) is 12.3 Å². The van der Waals surface area contributed by atoms with Gasteiger partial charge >= 0.3 is 0 Å². The van der Waals surface area contributed by atoms with Crippen molar-refractivity contribution in [2.24, 2.45) is 0 Å². The number of aryl methyl sites for hydroxylation is 1. The summed E-state index contributed by atoms with van der Waals surface area (Å²) < 4.78 is 24.8. The van der Waals surface area contributed by atoms with E-state index in [4.69, 9.17) is 0 Å². The van der Waals surface area contributed by atoms with Gasteiger partial charge in [0.1, 0.15) is 0 Å². The quantitative estimate of drug-likeness (QED) is 0.730. The molecule has 2 N–H and O–H groups in total. The van der Waals surface area contributed by atoms with Crippen LogP contribution in [0.4, 0.5) is 5.69 Å². The number of nitrogens with one attached hydrogen (secondary N) is 2. The first-order valence-corrected chi connectivity index (χ1v) is 10.3. The lowest BCUT2D eigenvalue weighted by molar-refractivity contribution is -0.117. The zero-order chi connectivity index (χ0) is 19.2. The summed E-state index contributed by atoms with van der Waals surface area (Å²) in [5, 5.41) is 2.89. The van der Waals surface area contributed by atoms with Gasteiger partial charge in [-0.25, -0.2) is 8.42 Å². The van der Waals surface area contributed by atoms with Crippen molar-refractivity contribution >= 4 is 27.7 Å². The van der Waals surface area contributed by atoms with E-state index in [1.165, 1.54) is 11.6 Å². The molecule has 6 heteroatoms. The van der Waals surface area contributed by atoms with Crippen LogP contribution >= 0.6 is 0 Å². The molecular formula is C20H24N2O3S. The Morgan fingerprint density at radius 3 is 2.23 bits per heavy atom. The number of benzene rings is 2. The summed E-state index contributed by atoms with van der Waals surface area (Å²) in [5.74, 6) is -0.185. The Labute approximate surface area is 155 Å². The molecule has 0 aliphatic carbocycles. The average molecular weight is 372 g/mol. The van der Waals surface area contributed by atoms with E-state index in [2.05, 4.69) is 17.0 Å². The Hall–Kier alpha value is -2.60. The van der Waals surface area contributed by atoms with E-state index in [-0.39, 0.29) is 11.9 Å². The van der Waals surface area contributed by atoms with Crippen molar-refractivity contribution in [1.82, 2.24) is 5.32 Å². The molecule has 0 saturated carbocycles. The van der Waals surface area contributed by atoms with Crippen LogP contribution in [0.1, 0.15) is 36.6 Å². The van der Waals surface area contributed by atoms with Gasteiger partial charge in [-0.2, -0.15) is 0 Å². The summed E-state index contributed by atoms with van der Waals surface area (Å²) in [7, 11) is -3.30. The predicted molar refractivity (Wildman–Crippen MR) is 106 cm³/mol. The number of amides is 1. The second-order valence-corrected chi connectivity index (χ2v) is 7.90. The molecule has 2 aromatic rings. The Kier molecular flexibility index (Phi) is 6.58. The largest absolute Gasteiger partial charge is 0.346 e. The molecule has 0 radical (unpaired) electrons. The normalized spacial score (nSPS) is 12.7. The first kappa shape index (κ1) is 19.7. The fraction of sp³-hybridized carbons (Fsp3) is 0.250. The molecule has 1 amide bonds. The fourth-order valence-electron chi connectivity index (χ4n) is 2.44. The van der Waals surface area contributed by atoms with Gasteiger partial charge in [-0.05, 0) is 48.2 Å². The van der Waals surface area contributed by atoms with Crippen LogP contribution in [0, 0.1) is 0 Å². The van der Waals surface area contributed by atoms with Crippen molar-refractivity contribution in [3.8, 4) is 0 Å².